The minimum atomic E-state index is -1.32. The van der Waals surface area contributed by atoms with Crippen LogP contribution in [0, 0.1) is 13.8 Å². The van der Waals surface area contributed by atoms with Gasteiger partial charge in [0.25, 0.3) is 5.91 Å². The Balaban J connectivity index is 1.92. The second kappa shape index (κ2) is 9.29. The Labute approximate surface area is 181 Å². The van der Waals surface area contributed by atoms with Crippen molar-refractivity contribution in [3.63, 3.8) is 0 Å². The van der Waals surface area contributed by atoms with Crippen molar-refractivity contribution in [3.8, 4) is 0 Å². The highest BCUT2D eigenvalue weighted by atomic mass is 32.2. The lowest BCUT2D eigenvalue weighted by molar-refractivity contribution is -0.110. The zero-order chi connectivity index (χ0) is 22.0. The molecule has 3 N–H and O–H groups in total. The summed E-state index contributed by atoms with van der Waals surface area (Å²) in [5.74, 6) is -0.134. The van der Waals surface area contributed by atoms with Gasteiger partial charge in [-0.3, -0.25) is 4.79 Å². The molecular formula is C23H32N4O2S. The molecule has 1 aliphatic rings. The molecule has 1 aromatic heterocycles. The lowest BCUT2D eigenvalue weighted by Gasteiger charge is -2.09. The molecule has 1 aromatic carbocycles. The molecule has 1 amide bonds. The second-order valence-corrected chi connectivity index (χ2v) is 9.68. The van der Waals surface area contributed by atoms with Crippen molar-refractivity contribution in [3.05, 3.63) is 46.3 Å². The number of fused-ring (bicyclic) bond motifs is 1. The normalized spacial score (nSPS) is 15.9. The number of carbonyl (C=O) groups excluding carboxylic acids is 1. The number of aromatic amines is 1. The molecule has 0 saturated heterocycles. The van der Waals surface area contributed by atoms with Crippen LogP contribution in [0.5, 0.6) is 0 Å². The number of rotatable bonds is 8. The predicted molar refractivity (Wildman–Crippen MR) is 125 cm³/mol. The summed E-state index contributed by atoms with van der Waals surface area (Å²) in [6.07, 6.45) is 4.01. The van der Waals surface area contributed by atoms with Crippen molar-refractivity contribution in [1.29, 1.82) is 0 Å². The number of benzene rings is 1. The van der Waals surface area contributed by atoms with Crippen LogP contribution in [-0.4, -0.2) is 46.7 Å². The molecule has 162 valence electrons. The fourth-order valence-corrected chi connectivity index (χ4v) is 4.74. The topological polar surface area (TPSA) is 77.2 Å². The highest BCUT2D eigenvalue weighted by Gasteiger charge is 2.26. The summed E-state index contributed by atoms with van der Waals surface area (Å²) in [7, 11) is 2.85. The van der Waals surface area contributed by atoms with Gasteiger partial charge in [0, 0.05) is 28.7 Å². The molecule has 7 heteroatoms. The average Bonchev–Trinajstić information content (AvgIpc) is 3.11. The van der Waals surface area contributed by atoms with Crippen LogP contribution >= 0.6 is 0 Å². The zero-order valence-electron chi connectivity index (χ0n) is 18.7. The van der Waals surface area contributed by atoms with Crippen LogP contribution in [0.15, 0.2) is 23.1 Å². The number of carbonyl (C=O) groups is 1. The molecule has 3 rings (SSSR count). The summed E-state index contributed by atoms with van der Waals surface area (Å²) >= 11 is 0. The Bertz CT molecular complexity index is 1000. The highest BCUT2D eigenvalue weighted by Crippen LogP contribution is 2.35. The van der Waals surface area contributed by atoms with Crippen molar-refractivity contribution in [2.75, 3.05) is 26.0 Å². The van der Waals surface area contributed by atoms with E-state index in [1.165, 1.54) is 11.1 Å². The molecule has 0 radical (unpaired) electrons. The summed E-state index contributed by atoms with van der Waals surface area (Å²) in [5.41, 5.74) is 6.74. The van der Waals surface area contributed by atoms with Crippen LogP contribution < -0.4 is 10.0 Å². The average molecular weight is 429 g/mol. The number of amides is 1. The number of hydrogen-bond donors (Lipinski definition) is 3. The third-order valence-corrected chi connectivity index (χ3v) is 6.65. The maximum Gasteiger partial charge on any atom is 0.256 e. The number of nitrogens with zero attached hydrogens (tertiary/aromatic N) is 1. The minimum Gasteiger partial charge on any atom is -0.359 e. The Morgan fingerprint density at radius 3 is 2.63 bits per heavy atom. The van der Waals surface area contributed by atoms with Gasteiger partial charge in [-0.1, -0.05) is 0 Å². The van der Waals surface area contributed by atoms with Crippen LogP contribution in [0.25, 0.3) is 11.6 Å². The van der Waals surface area contributed by atoms with E-state index in [0.29, 0.717) is 10.5 Å². The van der Waals surface area contributed by atoms with E-state index < -0.39 is 11.0 Å². The maximum absolute atomic E-state index is 12.7. The van der Waals surface area contributed by atoms with Crippen molar-refractivity contribution in [1.82, 2.24) is 14.6 Å². The minimum absolute atomic E-state index is 0.101. The smallest absolute Gasteiger partial charge is 0.256 e. The molecule has 6 nitrogen and oxygen atoms in total. The monoisotopic (exact) mass is 428 g/mol. The van der Waals surface area contributed by atoms with Gasteiger partial charge in [0.15, 0.2) is 0 Å². The van der Waals surface area contributed by atoms with Gasteiger partial charge in [-0.25, -0.2) is 8.93 Å². The molecule has 1 aliphatic heterocycles. The SMILES string of the molecule is Cc1[nH]c(C=C2C(=O)Nc3ccc(S(=O)NC(C)C)cc32)c(C)c1CCCN(C)C. The molecule has 0 saturated carbocycles. The van der Waals surface area contributed by atoms with Crippen molar-refractivity contribution in [2.24, 2.45) is 0 Å². The molecule has 0 bridgehead atoms. The quantitative estimate of drug-likeness (QED) is 0.562. The van der Waals surface area contributed by atoms with E-state index in [1.807, 2.05) is 32.1 Å². The van der Waals surface area contributed by atoms with Crippen LogP contribution in [-0.2, 0) is 22.2 Å². The molecule has 1 unspecified atom stereocenters. The summed E-state index contributed by atoms with van der Waals surface area (Å²) in [6, 6.07) is 5.56. The number of aromatic nitrogens is 1. The van der Waals surface area contributed by atoms with Crippen LogP contribution in [0.2, 0.25) is 0 Å². The summed E-state index contributed by atoms with van der Waals surface area (Å²) in [5, 5.41) is 2.92. The maximum atomic E-state index is 12.7. The van der Waals surface area contributed by atoms with Crippen LogP contribution in [0.1, 0.15) is 48.3 Å². The molecule has 1 atom stereocenters. The molecular weight excluding hydrogens is 396 g/mol. The molecule has 30 heavy (non-hydrogen) atoms. The molecule has 0 spiro atoms. The molecule has 2 aromatic rings. The van der Waals surface area contributed by atoms with E-state index in [9.17, 15) is 9.00 Å². The Hall–Kier alpha value is -2.22. The van der Waals surface area contributed by atoms with Gasteiger partial charge in [0.1, 0.15) is 11.0 Å². The number of anilines is 1. The zero-order valence-corrected chi connectivity index (χ0v) is 19.5. The number of H-pyrrole nitrogens is 1. The summed E-state index contributed by atoms with van der Waals surface area (Å²) in [6.45, 7) is 9.14. The second-order valence-electron chi connectivity index (χ2n) is 8.43. The standard InChI is InChI=1S/C23H32N4O2S/c1-14(2)26-30(29)17-9-10-21-19(12-17)20(23(28)25-21)13-22-15(3)18(16(4)24-22)8-7-11-27(5)6/h9-10,12-14,24,26H,7-8,11H2,1-6H3,(H,25,28). The number of nitrogens with one attached hydrogen (secondary N) is 3. The van der Waals surface area contributed by atoms with Gasteiger partial charge in [0.05, 0.1) is 10.5 Å². The van der Waals surface area contributed by atoms with Crippen LogP contribution in [0.4, 0.5) is 5.69 Å². The third kappa shape index (κ3) is 4.91. The van der Waals surface area contributed by atoms with E-state index in [1.54, 1.807) is 6.07 Å². The molecule has 0 fully saturated rings. The first-order valence-corrected chi connectivity index (χ1v) is 11.5. The van der Waals surface area contributed by atoms with E-state index >= 15 is 0 Å². The lowest BCUT2D eigenvalue weighted by atomic mass is 10.0. The Kier molecular flexibility index (Phi) is 6.95. The summed E-state index contributed by atoms with van der Waals surface area (Å²) < 4.78 is 15.5. The summed E-state index contributed by atoms with van der Waals surface area (Å²) in [4.78, 5) is 19.0. The van der Waals surface area contributed by atoms with Gasteiger partial charge < -0.3 is 15.2 Å². The van der Waals surface area contributed by atoms with Gasteiger partial charge in [-0.2, -0.15) is 0 Å². The Morgan fingerprint density at radius 2 is 1.97 bits per heavy atom. The van der Waals surface area contributed by atoms with E-state index in [-0.39, 0.29) is 11.9 Å². The Morgan fingerprint density at radius 1 is 1.23 bits per heavy atom. The predicted octanol–water partition coefficient (Wildman–Crippen LogP) is 3.64. The molecule has 2 heterocycles. The fourth-order valence-electron chi connectivity index (χ4n) is 3.76. The van der Waals surface area contributed by atoms with Crippen molar-refractivity contribution >= 4 is 34.2 Å². The van der Waals surface area contributed by atoms with Gasteiger partial charge >= 0.3 is 0 Å². The van der Waals surface area contributed by atoms with Crippen molar-refractivity contribution < 1.29 is 9.00 Å². The van der Waals surface area contributed by atoms with Gasteiger partial charge in [-0.05, 0) is 96.6 Å². The lowest BCUT2D eigenvalue weighted by Crippen LogP contribution is -2.25. The largest absolute Gasteiger partial charge is 0.359 e. The van der Waals surface area contributed by atoms with E-state index in [2.05, 4.69) is 47.9 Å². The fraction of sp³-hybridized carbons (Fsp3) is 0.435. The van der Waals surface area contributed by atoms with E-state index in [0.717, 1.165) is 42.0 Å². The first kappa shape index (κ1) is 22.5. The number of aryl methyl sites for hydroxylation is 1. The van der Waals surface area contributed by atoms with Crippen LogP contribution in [0.3, 0.4) is 0 Å². The van der Waals surface area contributed by atoms with E-state index in [4.69, 9.17) is 0 Å². The van der Waals surface area contributed by atoms with Gasteiger partial charge in [-0.15, -0.1) is 0 Å². The first-order chi connectivity index (χ1) is 14.2. The van der Waals surface area contributed by atoms with Crippen molar-refractivity contribution in [2.45, 2.75) is 51.5 Å². The first-order valence-electron chi connectivity index (χ1n) is 10.4. The molecule has 0 aliphatic carbocycles. The number of hydrogen-bond acceptors (Lipinski definition) is 3. The van der Waals surface area contributed by atoms with Gasteiger partial charge in [0.2, 0.25) is 0 Å². The highest BCUT2D eigenvalue weighted by molar-refractivity contribution is 7.83. The third-order valence-electron chi connectivity index (χ3n) is 5.28.